The molecule has 5 nitrogen and oxygen atoms in total. The molecule has 0 aromatic heterocycles. The van der Waals surface area contributed by atoms with Crippen LogP contribution in [0.1, 0.15) is 54.6 Å². The lowest BCUT2D eigenvalue weighted by molar-refractivity contribution is -0.122. The average molecular weight is 383 g/mol. The second-order valence-electron chi connectivity index (χ2n) is 6.89. The number of esters is 1. The minimum atomic E-state index is -0.597. The summed E-state index contributed by atoms with van der Waals surface area (Å²) in [5, 5.41) is 2.84. The van der Waals surface area contributed by atoms with Crippen molar-refractivity contribution in [2.24, 2.45) is 0 Å². The second-order valence-corrected chi connectivity index (χ2v) is 6.89. The highest BCUT2D eigenvalue weighted by Crippen LogP contribution is 2.19. The van der Waals surface area contributed by atoms with Crippen molar-refractivity contribution in [3.8, 4) is 5.75 Å². The Morgan fingerprint density at radius 3 is 2.21 bits per heavy atom. The molecule has 28 heavy (non-hydrogen) atoms. The third-order valence-corrected chi connectivity index (χ3v) is 4.26. The van der Waals surface area contributed by atoms with Crippen molar-refractivity contribution < 1.29 is 19.1 Å². The zero-order valence-corrected chi connectivity index (χ0v) is 17.1. The Bertz CT molecular complexity index is 778. The van der Waals surface area contributed by atoms with Gasteiger partial charge in [0.2, 0.25) is 0 Å². The van der Waals surface area contributed by atoms with Crippen molar-refractivity contribution in [1.29, 1.82) is 0 Å². The molecule has 0 saturated carbocycles. The van der Waals surface area contributed by atoms with Crippen LogP contribution in [0.5, 0.6) is 5.75 Å². The first-order valence-electron chi connectivity index (χ1n) is 9.76. The molecule has 2 aromatic carbocycles. The summed E-state index contributed by atoms with van der Waals surface area (Å²) in [6.07, 6.45) is 1.76. The molecule has 5 heteroatoms. The first-order valence-corrected chi connectivity index (χ1v) is 9.76. The molecular weight excluding hydrogens is 354 g/mol. The highest BCUT2D eigenvalue weighted by molar-refractivity contribution is 5.95. The lowest BCUT2D eigenvalue weighted by atomic mass is 10.1. The summed E-state index contributed by atoms with van der Waals surface area (Å²) in [7, 11) is 0. The summed E-state index contributed by atoms with van der Waals surface area (Å²) >= 11 is 0. The molecule has 0 unspecified atom stereocenters. The maximum atomic E-state index is 12.6. The molecule has 1 atom stereocenters. The molecule has 0 fully saturated rings. The Hall–Kier alpha value is -2.82. The van der Waals surface area contributed by atoms with Gasteiger partial charge in [-0.2, -0.15) is 0 Å². The summed E-state index contributed by atoms with van der Waals surface area (Å²) in [5.41, 5.74) is 3.25. The molecule has 1 amide bonds. The van der Waals surface area contributed by atoms with Crippen LogP contribution in [0.3, 0.4) is 0 Å². The zero-order valence-electron chi connectivity index (χ0n) is 17.1. The summed E-state index contributed by atoms with van der Waals surface area (Å²) in [6.45, 7) is 8.36. The van der Waals surface area contributed by atoms with Gasteiger partial charge in [0.1, 0.15) is 5.75 Å². The molecule has 0 aliphatic heterocycles. The van der Waals surface area contributed by atoms with E-state index in [4.69, 9.17) is 9.47 Å². The van der Waals surface area contributed by atoms with Crippen LogP contribution in [-0.2, 0) is 9.53 Å². The van der Waals surface area contributed by atoms with Gasteiger partial charge in [0, 0.05) is 5.69 Å². The van der Waals surface area contributed by atoms with Gasteiger partial charge < -0.3 is 14.8 Å². The fraction of sp³-hybridized carbons (Fsp3) is 0.391. The van der Waals surface area contributed by atoms with Gasteiger partial charge in [-0.25, -0.2) is 4.79 Å². The van der Waals surface area contributed by atoms with Gasteiger partial charge in [0.15, 0.2) is 6.10 Å². The molecule has 0 radical (unpaired) electrons. The zero-order chi connectivity index (χ0) is 20.5. The minimum Gasteiger partial charge on any atom is -0.481 e. The Labute approximate surface area is 167 Å². The van der Waals surface area contributed by atoms with Crippen LogP contribution in [0.2, 0.25) is 0 Å². The van der Waals surface area contributed by atoms with E-state index >= 15 is 0 Å². The molecule has 2 aromatic rings. The maximum absolute atomic E-state index is 12.6. The topological polar surface area (TPSA) is 64.6 Å². The van der Waals surface area contributed by atoms with E-state index in [1.54, 1.807) is 24.3 Å². The molecule has 0 bridgehead atoms. The lowest BCUT2D eigenvalue weighted by Gasteiger charge is -2.18. The molecule has 0 spiro atoms. The number of unbranched alkanes of at least 4 members (excludes halogenated alkanes) is 1. The maximum Gasteiger partial charge on any atom is 0.338 e. The Balaban J connectivity index is 1.97. The number of hydrogen-bond donors (Lipinski definition) is 1. The summed E-state index contributed by atoms with van der Waals surface area (Å²) in [5.74, 6) is 0.112. The number of amides is 1. The smallest absolute Gasteiger partial charge is 0.338 e. The Kier molecular flexibility index (Phi) is 8.05. The number of benzene rings is 2. The molecule has 1 N–H and O–H groups in total. The predicted molar refractivity (Wildman–Crippen MR) is 111 cm³/mol. The number of hydrogen-bond acceptors (Lipinski definition) is 4. The number of carbonyl (C=O) groups excluding carboxylic acids is 2. The third-order valence-electron chi connectivity index (χ3n) is 4.26. The first kappa shape index (κ1) is 21.5. The van der Waals surface area contributed by atoms with E-state index in [0.29, 0.717) is 30.0 Å². The van der Waals surface area contributed by atoms with Gasteiger partial charge >= 0.3 is 5.97 Å². The predicted octanol–water partition coefficient (Wildman–Crippen LogP) is 5.06. The van der Waals surface area contributed by atoms with Crippen LogP contribution in [0.15, 0.2) is 42.5 Å². The summed E-state index contributed by atoms with van der Waals surface area (Å²) in [4.78, 5) is 24.5. The monoisotopic (exact) mass is 383 g/mol. The molecule has 2 rings (SSSR count). The van der Waals surface area contributed by atoms with Crippen LogP contribution >= 0.6 is 0 Å². The van der Waals surface area contributed by atoms with Crippen molar-refractivity contribution in [2.75, 3.05) is 11.9 Å². The van der Waals surface area contributed by atoms with E-state index in [-0.39, 0.29) is 11.9 Å². The minimum absolute atomic E-state index is 0.222. The average Bonchev–Trinajstić information content (AvgIpc) is 2.66. The second kappa shape index (κ2) is 10.5. The summed E-state index contributed by atoms with van der Waals surface area (Å²) in [6, 6.07) is 12.6. The van der Waals surface area contributed by atoms with Crippen molar-refractivity contribution in [1.82, 2.24) is 0 Å². The number of nitrogens with one attached hydrogen (secondary N) is 1. The Morgan fingerprint density at radius 1 is 1.00 bits per heavy atom. The Morgan fingerprint density at radius 2 is 1.64 bits per heavy atom. The van der Waals surface area contributed by atoms with Gasteiger partial charge in [-0.05, 0) is 74.2 Å². The number of ether oxygens (including phenoxy) is 2. The first-order chi connectivity index (χ1) is 13.4. The number of aryl methyl sites for hydroxylation is 2. The van der Waals surface area contributed by atoms with Crippen LogP contribution < -0.4 is 10.1 Å². The van der Waals surface area contributed by atoms with Gasteiger partial charge in [-0.3, -0.25) is 4.79 Å². The van der Waals surface area contributed by atoms with Crippen molar-refractivity contribution in [3.05, 3.63) is 59.2 Å². The third kappa shape index (κ3) is 6.41. The van der Waals surface area contributed by atoms with Crippen molar-refractivity contribution in [2.45, 2.75) is 53.1 Å². The van der Waals surface area contributed by atoms with Crippen molar-refractivity contribution in [3.63, 3.8) is 0 Å². The quantitative estimate of drug-likeness (QED) is 0.486. The molecule has 0 aliphatic rings. The number of anilines is 1. The van der Waals surface area contributed by atoms with E-state index in [1.165, 1.54) is 0 Å². The van der Waals surface area contributed by atoms with Gasteiger partial charge in [-0.15, -0.1) is 0 Å². The largest absolute Gasteiger partial charge is 0.481 e. The molecule has 0 aliphatic carbocycles. The standard InChI is InChI=1S/C23H29NO4/c1-5-7-12-27-23(26)18-8-10-19(11-9-18)24-22(25)21(6-2)28-20-14-16(3)13-17(4)15-20/h8-11,13-15,21H,5-7,12H2,1-4H3,(H,24,25)/t21-/m0/s1. The van der Waals surface area contributed by atoms with Gasteiger partial charge in [0.25, 0.3) is 5.91 Å². The van der Waals surface area contributed by atoms with Gasteiger partial charge in [0.05, 0.1) is 12.2 Å². The van der Waals surface area contributed by atoms with Crippen LogP contribution in [0, 0.1) is 13.8 Å². The molecular formula is C23H29NO4. The molecule has 0 saturated heterocycles. The van der Waals surface area contributed by atoms with Crippen LogP contribution in [-0.4, -0.2) is 24.6 Å². The van der Waals surface area contributed by atoms with Crippen LogP contribution in [0.25, 0.3) is 0 Å². The normalized spacial score (nSPS) is 11.6. The molecule has 0 heterocycles. The lowest BCUT2D eigenvalue weighted by Crippen LogP contribution is -2.32. The van der Waals surface area contributed by atoms with Crippen molar-refractivity contribution >= 4 is 17.6 Å². The van der Waals surface area contributed by atoms with E-state index in [9.17, 15) is 9.59 Å². The van der Waals surface area contributed by atoms with Gasteiger partial charge in [-0.1, -0.05) is 26.3 Å². The van der Waals surface area contributed by atoms with E-state index in [1.807, 2.05) is 39.8 Å². The molecule has 150 valence electrons. The number of carbonyl (C=O) groups is 2. The number of rotatable bonds is 9. The summed E-state index contributed by atoms with van der Waals surface area (Å²) < 4.78 is 11.1. The SMILES string of the molecule is CCCCOC(=O)c1ccc(NC(=O)[C@H](CC)Oc2cc(C)cc(C)c2)cc1. The fourth-order valence-corrected chi connectivity index (χ4v) is 2.79. The highest BCUT2D eigenvalue weighted by atomic mass is 16.5. The van der Waals surface area contributed by atoms with Crippen LogP contribution in [0.4, 0.5) is 5.69 Å². The fourth-order valence-electron chi connectivity index (χ4n) is 2.79. The van der Waals surface area contributed by atoms with E-state index < -0.39 is 6.10 Å². The highest BCUT2D eigenvalue weighted by Gasteiger charge is 2.19. The van der Waals surface area contributed by atoms with E-state index in [0.717, 1.165) is 24.0 Å². The van der Waals surface area contributed by atoms with E-state index in [2.05, 4.69) is 11.4 Å².